The quantitative estimate of drug-likeness (QED) is 0.696. The highest BCUT2D eigenvalue weighted by molar-refractivity contribution is 5.58. The van der Waals surface area contributed by atoms with E-state index in [4.69, 9.17) is 28.4 Å². The summed E-state index contributed by atoms with van der Waals surface area (Å²) in [6, 6.07) is 8.07. The molecule has 1 aliphatic rings. The fourth-order valence-corrected chi connectivity index (χ4v) is 3.56. The van der Waals surface area contributed by atoms with Gasteiger partial charge in [0, 0.05) is 0 Å². The highest BCUT2D eigenvalue weighted by atomic mass is 16.5. The van der Waals surface area contributed by atoms with E-state index in [1.54, 1.807) is 42.7 Å². The molecule has 0 saturated heterocycles. The maximum absolute atomic E-state index is 5.48. The van der Waals surface area contributed by atoms with Crippen LogP contribution in [0.5, 0.6) is 34.5 Å². The minimum absolute atomic E-state index is 0.363. The molecule has 0 aliphatic heterocycles. The molecule has 0 amide bonds. The van der Waals surface area contributed by atoms with Crippen molar-refractivity contribution in [3.8, 4) is 34.5 Å². The Morgan fingerprint density at radius 1 is 0.519 bits per heavy atom. The predicted molar refractivity (Wildman–Crippen MR) is 102 cm³/mol. The van der Waals surface area contributed by atoms with Crippen LogP contribution in [0.2, 0.25) is 0 Å². The van der Waals surface area contributed by atoms with E-state index in [2.05, 4.69) is 0 Å². The maximum atomic E-state index is 5.48. The van der Waals surface area contributed by atoms with Crippen molar-refractivity contribution < 1.29 is 28.4 Å². The lowest BCUT2D eigenvalue weighted by Crippen LogP contribution is -1.98. The van der Waals surface area contributed by atoms with Crippen molar-refractivity contribution in [1.82, 2.24) is 0 Å². The van der Waals surface area contributed by atoms with Crippen molar-refractivity contribution in [2.24, 2.45) is 0 Å². The summed E-state index contributed by atoms with van der Waals surface area (Å²) in [6.45, 7) is 0. The monoisotopic (exact) mass is 374 g/mol. The Morgan fingerprint density at radius 2 is 0.815 bits per heavy atom. The summed E-state index contributed by atoms with van der Waals surface area (Å²) in [4.78, 5) is 0. The Labute approximate surface area is 159 Å². The molecule has 1 saturated carbocycles. The number of rotatable bonds is 8. The predicted octanol–water partition coefficient (Wildman–Crippen LogP) is 4.01. The molecule has 3 rings (SSSR count). The Morgan fingerprint density at radius 3 is 1.04 bits per heavy atom. The average Bonchev–Trinajstić information content (AvgIpc) is 3.52. The van der Waals surface area contributed by atoms with Gasteiger partial charge in [-0.1, -0.05) is 0 Å². The summed E-state index contributed by atoms with van der Waals surface area (Å²) < 4.78 is 32.7. The summed E-state index contributed by atoms with van der Waals surface area (Å²) in [5.41, 5.74) is 2.31. The van der Waals surface area contributed by atoms with E-state index in [0.717, 1.165) is 17.5 Å². The van der Waals surface area contributed by atoms with Gasteiger partial charge in [0.05, 0.1) is 42.7 Å². The van der Waals surface area contributed by atoms with Crippen LogP contribution < -0.4 is 28.4 Å². The molecular formula is C21H26O6. The molecule has 0 aromatic heterocycles. The summed E-state index contributed by atoms with van der Waals surface area (Å²) in [5.74, 6) is 4.61. The Balaban J connectivity index is 1.94. The number of benzene rings is 2. The van der Waals surface area contributed by atoms with Gasteiger partial charge in [-0.3, -0.25) is 0 Å². The van der Waals surface area contributed by atoms with Crippen LogP contribution in [-0.4, -0.2) is 42.7 Å². The third kappa shape index (κ3) is 3.44. The molecule has 146 valence electrons. The molecule has 0 bridgehead atoms. The summed E-state index contributed by atoms with van der Waals surface area (Å²) in [5, 5.41) is 0. The third-order valence-electron chi connectivity index (χ3n) is 5.02. The summed E-state index contributed by atoms with van der Waals surface area (Å²) >= 11 is 0. The number of hydrogen-bond donors (Lipinski definition) is 0. The number of ether oxygens (including phenoxy) is 6. The van der Waals surface area contributed by atoms with Crippen molar-refractivity contribution >= 4 is 0 Å². The maximum Gasteiger partial charge on any atom is 0.203 e. The molecule has 0 N–H and O–H groups in total. The largest absolute Gasteiger partial charge is 0.493 e. The standard InChI is InChI=1S/C21H26O6/c1-22-16-7-12(8-17(23-2)20(16)26-5)14-11-15(14)13-9-18(24-3)21(27-6)19(10-13)25-4/h7-10,14-15H,11H2,1-6H3/t14-,15-/m1/s1. The first kappa shape index (κ1) is 19.0. The molecule has 6 nitrogen and oxygen atoms in total. The van der Waals surface area contributed by atoms with Crippen molar-refractivity contribution in [3.63, 3.8) is 0 Å². The highest BCUT2D eigenvalue weighted by Gasteiger charge is 2.41. The van der Waals surface area contributed by atoms with Crippen molar-refractivity contribution in [1.29, 1.82) is 0 Å². The third-order valence-corrected chi connectivity index (χ3v) is 5.02. The Hall–Kier alpha value is -2.76. The topological polar surface area (TPSA) is 55.4 Å². The molecule has 6 heteroatoms. The lowest BCUT2D eigenvalue weighted by Gasteiger charge is -2.15. The molecule has 2 aromatic rings. The van der Waals surface area contributed by atoms with E-state index < -0.39 is 0 Å². The van der Waals surface area contributed by atoms with Gasteiger partial charge in [0.25, 0.3) is 0 Å². The second-order valence-corrected chi connectivity index (χ2v) is 6.37. The minimum atomic E-state index is 0.363. The zero-order chi connectivity index (χ0) is 19.6. The molecule has 1 fully saturated rings. The molecule has 27 heavy (non-hydrogen) atoms. The van der Waals surface area contributed by atoms with Crippen LogP contribution in [0.25, 0.3) is 0 Å². The molecule has 0 radical (unpaired) electrons. The zero-order valence-corrected chi connectivity index (χ0v) is 16.6. The van der Waals surface area contributed by atoms with Crippen molar-refractivity contribution in [2.45, 2.75) is 18.3 Å². The van der Waals surface area contributed by atoms with E-state index >= 15 is 0 Å². The average molecular weight is 374 g/mol. The van der Waals surface area contributed by atoms with Crippen LogP contribution in [0.15, 0.2) is 24.3 Å². The van der Waals surface area contributed by atoms with Crippen LogP contribution in [0.3, 0.4) is 0 Å². The van der Waals surface area contributed by atoms with Crippen LogP contribution >= 0.6 is 0 Å². The highest BCUT2D eigenvalue weighted by Crippen LogP contribution is 2.58. The molecule has 1 aliphatic carbocycles. The molecule has 2 atom stereocenters. The summed E-state index contributed by atoms with van der Waals surface area (Å²) in [6.07, 6.45) is 1.03. The van der Waals surface area contributed by atoms with Gasteiger partial charge in [-0.15, -0.1) is 0 Å². The first-order valence-corrected chi connectivity index (χ1v) is 8.71. The van der Waals surface area contributed by atoms with Gasteiger partial charge >= 0.3 is 0 Å². The van der Waals surface area contributed by atoms with Gasteiger partial charge in [-0.2, -0.15) is 0 Å². The Bertz CT molecular complexity index is 699. The lowest BCUT2D eigenvalue weighted by atomic mass is 10.0. The van der Waals surface area contributed by atoms with E-state index in [9.17, 15) is 0 Å². The fraction of sp³-hybridized carbons (Fsp3) is 0.429. The molecule has 2 aromatic carbocycles. The smallest absolute Gasteiger partial charge is 0.203 e. The van der Waals surface area contributed by atoms with Crippen LogP contribution in [0.1, 0.15) is 29.4 Å². The van der Waals surface area contributed by atoms with E-state index in [1.165, 1.54) is 0 Å². The van der Waals surface area contributed by atoms with Crippen LogP contribution in [-0.2, 0) is 0 Å². The van der Waals surface area contributed by atoms with Crippen molar-refractivity contribution in [3.05, 3.63) is 35.4 Å². The van der Waals surface area contributed by atoms with Gasteiger partial charge in [0.1, 0.15) is 0 Å². The zero-order valence-electron chi connectivity index (χ0n) is 16.6. The van der Waals surface area contributed by atoms with Crippen molar-refractivity contribution in [2.75, 3.05) is 42.7 Å². The molecule has 0 spiro atoms. The van der Waals surface area contributed by atoms with Gasteiger partial charge in [0.15, 0.2) is 23.0 Å². The van der Waals surface area contributed by atoms with Gasteiger partial charge < -0.3 is 28.4 Å². The van der Waals surface area contributed by atoms with E-state index in [1.807, 2.05) is 24.3 Å². The number of hydrogen-bond acceptors (Lipinski definition) is 6. The second kappa shape index (κ2) is 7.86. The second-order valence-electron chi connectivity index (χ2n) is 6.37. The van der Waals surface area contributed by atoms with E-state index in [-0.39, 0.29) is 0 Å². The first-order valence-electron chi connectivity index (χ1n) is 8.71. The van der Waals surface area contributed by atoms with Gasteiger partial charge in [-0.25, -0.2) is 0 Å². The first-order chi connectivity index (χ1) is 13.1. The van der Waals surface area contributed by atoms with Gasteiger partial charge in [0.2, 0.25) is 11.5 Å². The molecular weight excluding hydrogens is 348 g/mol. The minimum Gasteiger partial charge on any atom is -0.493 e. The van der Waals surface area contributed by atoms with E-state index in [0.29, 0.717) is 46.3 Å². The fourth-order valence-electron chi connectivity index (χ4n) is 3.56. The Kier molecular flexibility index (Phi) is 5.54. The lowest BCUT2D eigenvalue weighted by molar-refractivity contribution is 0.323. The van der Waals surface area contributed by atoms with Crippen LogP contribution in [0, 0.1) is 0 Å². The van der Waals surface area contributed by atoms with Crippen LogP contribution in [0.4, 0.5) is 0 Å². The summed E-state index contributed by atoms with van der Waals surface area (Å²) in [7, 11) is 9.73. The number of methoxy groups -OCH3 is 6. The SMILES string of the molecule is COc1cc([C@H]2C[C@@H]2c2cc(OC)c(OC)c(OC)c2)cc(OC)c1OC. The normalized spacial score (nSPS) is 17.9. The van der Waals surface area contributed by atoms with Gasteiger partial charge in [-0.05, 0) is 53.6 Å². The molecule has 0 unspecified atom stereocenters. The molecule has 0 heterocycles.